The topological polar surface area (TPSA) is 12.0 Å². The molecule has 0 aromatic heterocycles. The van der Waals surface area contributed by atoms with Gasteiger partial charge in [-0.1, -0.05) is 28.1 Å². The van der Waals surface area contributed by atoms with Gasteiger partial charge in [0.25, 0.3) is 0 Å². The Kier molecular flexibility index (Phi) is 2.43. The van der Waals surface area contributed by atoms with Crippen LogP contribution in [0.25, 0.3) is 0 Å². The van der Waals surface area contributed by atoms with Crippen molar-refractivity contribution in [2.24, 2.45) is 0 Å². The second-order valence-corrected chi connectivity index (χ2v) is 4.61. The Morgan fingerprint density at radius 2 is 2.15 bits per heavy atom. The van der Waals surface area contributed by atoms with Crippen molar-refractivity contribution in [3.8, 4) is 0 Å². The van der Waals surface area contributed by atoms with Gasteiger partial charge in [-0.25, -0.2) is 0 Å². The van der Waals surface area contributed by atoms with Crippen molar-refractivity contribution in [1.82, 2.24) is 5.32 Å². The van der Waals surface area contributed by atoms with Crippen LogP contribution in [-0.2, 0) is 5.54 Å². The number of halogens is 1. The molecule has 0 heterocycles. The number of benzene rings is 1. The van der Waals surface area contributed by atoms with Gasteiger partial charge in [0.2, 0.25) is 0 Å². The molecule has 0 amide bonds. The van der Waals surface area contributed by atoms with E-state index in [0.29, 0.717) is 0 Å². The van der Waals surface area contributed by atoms with Gasteiger partial charge in [-0.2, -0.15) is 0 Å². The van der Waals surface area contributed by atoms with Crippen LogP contribution in [0.15, 0.2) is 28.7 Å². The van der Waals surface area contributed by atoms with E-state index in [0.717, 1.165) is 0 Å². The summed E-state index contributed by atoms with van der Waals surface area (Å²) in [6.07, 6.45) is 3.87. The van der Waals surface area contributed by atoms with Crippen molar-refractivity contribution in [3.05, 3.63) is 34.3 Å². The highest BCUT2D eigenvalue weighted by molar-refractivity contribution is 9.10. The molecule has 0 bridgehead atoms. The summed E-state index contributed by atoms with van der Waals surface area (Å²) >= 11 is 3.51. The van der Waals surface area contributed by atoms with Crippen molar-refractivity contribution < 1.29 is 0 Å². The van der Waals surface area contributed by atoms with Gasteiger partial charge in [-0.15, -0.1) is 0 Å². The highest BCUT2D eigenvalue weighted by atomic mass is 79.9. The van der Waals surface area contributed by atoms with E-state index in [9.17, 15) is 0 Å². The van der Waals surface area contributed by atoms with Gasteiger partial charge in [-0.3, -0.25) is 0 Å². The van der Waals surface area contributed by atoms with Crippen LogP contribution in [0.3, 0.4) is 0 Å². The maximum Gasteiger partial charge on any atom is 0.0432 e. The number of hydrogen-bond acceptors (Lipinski definition) is 1. The first-order valence-electron chi connectivity index (χ1n) is 4.72. The van der Waals surface area contributed by atoms with Gasteiger partial charge in [0.15, 0.2) is 0 Å². The SMILES string of the molecule is CNC1(c2cccc(Br)c2)CCC1. The van der Waals surface area contributed by atoms with Gasteiger partial charge in [0.05, 0.1) is 0 Å². The van der Waals surface area contributed by atoms with Crippen LogP contribution in [0.5, 0.6) is 0 Å². The average Bonchev–Trinajstić information content (AvgIpc) is 2.03. The van der Waals surface area contributed by atoms with Crippen LogP contribution in [0.1, 0.15) is 24.8 Å². The molecule has 70 valence electrons. The van der Waals surface area contributed by atoms with Crippen molar-refractivity contribution in [1.29, 1.82) is 0 Å². The standard InChI is InChI=1S/C11H14BrN/c1-13-11(6-3-7-11)9-4-2-5-10(12)8-9/h2,4-5,8,13H,3,6-7H2,1H3. The number of rotatable bonds is 2. The Hall–Kier alpha value is -0.340. The summed E-state index contributed by atoms with van der Waals surface area (Å²) in [5, 5.41) is 3.44. The third-order valence-corrected chi connectivity index (χ3v) is 3.56. The minimum Gasteiger partial charge on any atom is -0.310 e. The lowest BCUT2D eigenvalue weighted by molar-refractivity contribution is 0.201. The van der Waals surface area contributed by atoms with Gasteiger partial charge >= 0.3 is 0 Å². The second kappa shape index (κ2) is 3.43. The molecule has 0 aliphatic heterocycles. The summed E-state index contributed by atoms with van der Waals surface area (Å²) in [6, 6.07) is 8.61. The fourth-order valence-electron chi connectivity index (χ4n) is 2.00. The quantitative estimate of drug-likeness (QED) is 0.837. The molecule has 1 aliphatic rings. The Bertz CT molecular complexity index is 299. The maximum atomic E-state index is 3.51. The molecule has 2 rings (SSSR count). The highest BCUT2D eigenvalue weighted by Gasteiger charge is 2.36. The van der Waals surface area contributed by atoms with Gasteiger partial charge in [0.1, 0.15) is 0 Å². The molecule has 13 heavy (non-hydrogen) atoms. The van der Waals surface area contributed by atoms with Crippen LogP contribution in [0.4, 0.5) is 0 Å². The molecule has 1 nitrogen and oxygen atoms in total. The molecule has 0 unspecified atom stereocenters. The lowest BCUT2D eigenvalue weighted by Crippen LogP contribution is -2.45. The normalized spacial score (nSPS) is 19.5. The van der Waals surface area contributed by atoms with E-state index in [2.05, 4.69) is 52.6 Å². The van der Waals surface area contributed by atoms with E-state index in [1.54, 1.807) is 0 Å². The molecule has 1 aromatic rings. The monoisotopic (exact) mass is 239 g/mol. The van der Waals surface area contributed by atoms with Crippen molar-refractivity contribution in [2.75, 3.05) is 7.05 Å². The molecule has 1 N–H and O–H groups in total. The zero-order chi connectivity index (χ0) is 9.31. The third kappa shape index (κ3) is 1.53. The molecular formula is C11H14BrN. The Balaban J connectivity index is 2.33. The predicted octanol–water partition coefficient (Wildman–Crippen LogP) is 3.05. The smallest absolute Gasteiger partial charge is 0.0432 e. The van der Waals surface area contributed by atoms with Crippen molar-refractivity contribution in [3.63, 3.8) is 0 Å². The van der Waals surface area contributed by atoms with Crippen molar-refractivity contribution in [2.45, 2.75) is 24.8 Å². The van der Waals surface area contributed by atoms with E-state index < -0.39 is 0 Å². The molecule has 0 radical (unpaired) electrons. The molecule has 2 heteroatoms. The molecular weight excluding hydrogens is 226 g/mol. The highest BCUT2D eigenvalue weighted by Crippen LogP contribution is 2.41. The van der Waals surface area contributed by atoms with E-state index in [1.807, 2.05) is 0 Å². The first-order chi connectivity index (χ1) is 6.27. The van der Waals surface area contributed by atoms with Crippen LogP contribution in [0, 0.1) is 0 Å². The maximum absolute atomic E-state index is 3.51. The lowest BCUT2D eigenvalue weighted by atomic mass is 9.72. The molecule has 0 atom stereocenters. The molecule has 0 saturated heterocycles. The number of hydrogen-bond donors (Lipinski definition) is 1. The molecule has 1 saturated carbocycles. The molecule has 1 aliphatic carbocycles. The van der Waals surface area contributed by atoms with E-state index in [-0.39, 0.29) is 5.54 Å². The minimum atomic E-state index is 0.268. The summed E-state index contributed by atoms with van der Waals surface area (Å²) in [7, 11) is 2.06. The average molecular weight is 240 g/mol. The minimum absolute atomic E-state index is 0.268. The first kappa shape index (κ1) is 9.22. The summed E-state index contributed by atoms with van der Waals surface area (Å²) in [6.45, 7) is 0. The third-order valence-electron chi connectivity index (χ3n) is 3.06. The molecule has 0 spiro atoms. The fourth-order valence-corrected chi connectivity index (χ4v) is 2.40. The van der Waals surface area contributed by atoms with Crippen LogP contribution in [0.2, 0.25) is 0 Å². The van der Waals surface area contributed by atoms with Crippen LogP contribution < -0.4 is 5.32 Å². The van der Waals surface area contributed by atoms with E-state index in [4.69, 9.17) is 0 Å². The zero-order valence-corrected chi connectivity index (χ0v) is 9.39. The van der Waals surface area contributed by atoms with Crippen LogP contribution in [-0.4, -0.2) is 7.05 Å². The Morgan fingerprint density at radius 3 is 2.62 bits per heavy atom. The van der Waals surface area contributed by atoms with Crippen molar-refractivity contribution >= 4 is 15.9 Å². The van der Waals surface area contributed by atoms with Gasteiger partial charge < -0.3 is 5.32 Å². The summed E-state index contributed by atoms with van der Waals surface area (Å²) in [4.78, 5) is 0. The molecule has 1 fully saturated rings. The van der Waals surface area contributed by atoms with E-state index >= 15 is 0 Å². The van der Waals surface area contributed by atoms with Crippen LogP contribution >= 0.6 is 15.9 Å². The van der Waals surface area contributed by atoms with E-state index in [1.165, 1.54) is 29.3 Å². The zero-order valence-electron chi connectivity index (χ0n) is 7.81. The molecule has 1 aromatic carbocycles. The van der Waals surface area contributed by atoms with Gasteiger partial charge in [-0.05, 0) is 44.0 Å². The first-order valence-corrected chi connectivity index (χ1v) is 5.51. The summed E-state index contributed by atoms with van der Waals surface area (Å²) in [5.74, 6) is 0. The summed E-state index contributed by atoms with van der Waals surface area (Å²) < 4.78 is 1.17. The summed E-state index contributed by atoms with van der Waals surface area (Å²) in [5.41, 5.74) is 1.68. The lowest BCUT2D eigenvalue weighted by Gasteiger charge is -2.42. The Labute approximate surface area is 87.7 Å². The number of nitrogens with one attached hydrogen (secondary N) is 1. The van der Waals surface area contributed by atoms with Gasteiger partial charge in [0, 0.05) is 10.0 Å². The largest absolute Gasteiger partial charge is 0.310 e. The second-order valence-electron chi connectivity index (χ2n) is 3.70. The fraction of sp³-hybridized carbons (Fsp3) is 0.455. The Morgan fingerprint density at radius 1 is 1.38 bits per heavy atom. The predicted molar refractivity (Wildman–Crippen MR) is 58.7 cm³/mol.